The summed E-state index contributed by atoms with van der Waals surface area (Å²) in [4.78, 5) is 0. The van der Waals surface area contributed by atoms with E-state index in [1.807, 2.05) is 0 Å². The van der Waals surface area contributed by atoms with Crippen LogP contribution in [0.3, 0.4) is 0 Å². The first-order chi connectivity index (χ1) is 11.2. The van der Waals surface area contributed by atoms with Crippen molar-refractivity contribution >= 4 is 0 Å². The lowest BCUT2D eigenvalue weighted by molar-refractivity contribution is -0.0171. The lowest BCUT2D eigenvalue weighted by atomic mass is 10.1. The Bertz CT molecular complexity index is 227. The highest BCUT2D eigenvalue weighted by Crippen LogP contribution is 2.11. The maximum atomic E-state index is 9.47. The maximum Gasteiger partial charge on any atom is 0.103 e. The van der Waals surface area contributed by atoms with Crippen molar-refractivity contribution in [1.82, 2.24) is 5.32 Å². The lowest BCUT2D eigenvalue weighted by Gasteiger charge is -2.15. The van der Waals surface area contributed by atoms with E-state index in [1.54, 1.807) is 0 Å². The zero-order chi connectivity index (χ0) is 17.2. The first-order valence-electron chi connectivity index (χ1n) is 9.90. The zero-order valence-electron chi connectivity index (χ0n) is 15.3. The molecule has 23 heavy (non-hydrogen) atoms. The molecule has 0 aliphatic rings. The van der Waals surface area contributed by atoms with E-state index in [9.17, 15) is 10.2 Å². The van der Waals surface area contributed by atoms with Crippen LogP contribution in [0.5, 0.6) is 0 Å². The minimum Gasteiger partial charge on any atom is -0.394 e. The van der Waals surface area contributed by atoms with Crippen molar-refractivity contribution in [2.75, 3.05) is 19.7 Å². The van der Waals surface area contributed by atoms with Gasteiger partial charge in [-0.3, -0.25) is 0 Å². The van der Waals surface area contributed by atoms with Gasteiger partial charge in [0.2, 0.25) is 0 Å². The Balaban J connectivity index is 3.08. The molecule has 0 bridgehead atoms. The summed E-state index contributed by atoms with van der Waals surface area (Å²) in [5.74, 6) is 0. The fourth-order valence-electron chi connectivity index (χ4n) is 2.78. The van der Waals surface area contributed by atoms with Crippen LogP contribution in [0.25, 0.3) is 0 Å². The van der Waals surface area contributed by atoms with Crippen LogP contribution in [0, 0.1) is 0 Å². The molecule has 0 amide bonds. The highest BCUT2D eigenvalue weighted by atomic mass is 16.4. The molecule has 0 heterocycles. The average Bonchev–Trinajstić information content (AvgIpc) is 2.57. The third-order valence-corrected chi connectivity index (χ3v) is 4.46. The van der Waals surface area contributed by atoms with Crippen molar-refractivity contribution in [2.24, 2.45) is 0 Å². The summed E-state index contributed by atoms with van der Waals surface area (Å²) in [6.45, 7) is 3.55. The molecule has 0 saturated carbocycles. The van der Waals surface area contributed by atoms with Gasteiger partial charge >= 0.3 is 0 Å². The molecule has 0 spiro atoms. The molecule has 0 rings (SSSR count). The van der Waals surface area contributed by atoms with Crippen LogP contribution in [-0.2, 0) is 0 Å². The van der Waals surface area contributed by atoms with Crippen molar-refractivity contribution in [3.63, 3.8) is 0 Å². The molecule has 4 heteroatoms. The monoisotopic (exact) mass is 331 g/mol. The van der Waals surface area contributed by atoms with Gasteiger partial charge in [0.25, 0.3) is 0 Å². The van der Waals surface area contributed by atoms with Crippen LogP contribution in [0.2, 0.25) is 0 Å². The highest BCUT2D eigenvalue weighted by Gasteiger charge is 2.13. The van der Waals surface area contributed by atoms with Gasteiger partial charge in [-0.15, -0.1) is 0 Å². The van der Waals surface area contributed by atoms with Crippen LogP contribution in [0.4, 0.5) is 0 Å². The molecule has 2 atom stereocenters. The first-order valence-corrected chi connectivity index (χ1v) is 9.90. The molecule has 0 aromatic carbocycles. The van der Waals surface area contributed by atoms with E-state index in [2.05, 4.69) is 12.2 Å². The molecule has 0 aliphatic heterocycles. The molecule has 0 aromatic heterocycles. The van der Waals surface area contributed by atoms with E-state index >= 15 is 0 Å². The van der Waals surface area contributed by atoms with E-state index in [-0.39, 0.29) is 6.61 Å². The Morgan fingerprint density at radius 1 is 0.652 bits per heavy atom. The number of aliphatic hydroxyl groups is 3. The van der Waals surface area contributed by atoms with Gasteiger partial charge in [0.15, 0.2) is 0 Å². The second-order valence-corrected chi connectivity index (χ2v) is 6.75. The van der Waals surface area contributed by atoms with Crippen molar-refractivity contribution < 1.29 is 15.3 Å². The summed E-state index contributed by atoms with van der Waals surface area (Å²) < 4.78 is 0. The zero-order valence-corrected chi connectivity index (χ0v) is 15.3. The van der Waals surface area contributed by atoms with Gasteiger partial charge in [0.1, 0.15) is 6.10 Å². The number of aliphatic hydroxyl groups excluding tert-OH is 3. The summed E-state index contributed by atoms with van der Waals surface area (Å²) in [7, 11) is 0. The van der Waals surface area contributed by atoms with E-state index < -0.39 is 12.2 Å². The third kappa shape index (κ3) is 16.5. The van der Waals surface area contributed by atoms with E-state index in [1.165, 1.54) is 77.0 Å². The largest absolute Gasteiger partial charge is 0.394 e. The van der Waals surface area contributed by atoms with Gasteiger partial charge in [0, 0.05) is 0 Å². The minimum atomic E-state index is -1.01. The van der Waals surface area contributed by atoms with Crippen LogP contribution in [-0.4, -0.2) is 47.2 Å². The van der Waals surface area contributed by atoms with Crippen LogP contribution < -0.4 is 5.32 Å². The molecule has 0 radical (unpaired) electrons. The van der Waals surface area contributed by atoms with Crippen LogP contribution in [0.15, 0.2) is 0 Å². The Hall–Kier alpha value is -0.160. The molecule has 140 valence electrons. The number of unbranched alkanes of at least 4 members (excludes halogenated alkanes) is 11. The SMILES string of the molecule is CCCCCCCCCCCCCCNCCC(O)C(O)CO. The van der Waals surface area contributed by atoms with Gasteiger partial charge in [-0.1, -0.05) is 77.6 Å². The number of nitrogens with one attached hydrogen (secondary N) is 1. The third-order valence-electron chi connectivity index (χ3n) is 4.46. The fourth-order valence-corrected chi connectivity index (χ4v) is 2.78. The summed E-state index contributed by atoms with van der Waals surface area (Å²) in [5.41, 5.74) is 0. The van der Waals surface area contributed by atoms with E-state index in [0.29, 0.717) is 13.0 Å². The number of hydrogen-bond donors (Lipinski definition) is 4. The molecular formula is C19H41NO3. The predicted octanol–water partition coefficient (Wildman–Crippen LogP) is 3.38. The molecule has 0 saturated heterocycles. The van der Waals surface area contributed by atoms with Crippen LogP contribution >= 0.6 is 0 Å². The molecule has 0 fully saturated rings. The van der Waals surface area contributed by atoms with Gasteiger partial charge in [0.05, 0.1) is 12.7 Å². The molecule has 4 N–H and O–H groups in total. The van der Waals surface area contributed by atoms with Gasteiger partial charge < -0.3 is 20.6 Å². The van der Waals surface area contributed by atoms with Crippen LogP contribution in [0.1, 0.15) is 90.4 Å². The Labute approximate surface area is 143 Å². The smallest absolute Gasteiger partial charge is 0.103 e. The number of rotatable bonds is 18. The van der Waals surface area contributed by atoms with Crippen molar-refractivity contribution in [1.29, 1.82) is 0 Å². The van der Waals surface area contributed by atoms with Gasteiger partial charge in [-0.2, -0.15) is 0 Å². The van der Waals surface area contributed by atoms with E-state index in [0.717, 1.165) is 6.54 Å². The Morgan fingerprint density at radius 2 is 1.13 bits per heavy atom. The Kier molecular flexibility index (Phi) is 18.1. The van der Waals surface area contributed by atoms with Gasteiger partial charge in [-0.25, -0.2) is 0 Å². The second-order valence-electron chi connectivity index (χ2n) is 6.75. The standard InChI is InChI=1S/C19H41NO3/c1-2-3-4-5-6-7-8-9-10-11-12-13-15-20-16-14-18(22)19(23)17-21/h18-23H,2-17H2,1H3. The fraction of sp³-hybridized carbons (Fsp3) is 1.00. The summed E-state index contributed by atoms with van der Waals surface area (Å²) in [6, 6.07) is 0. The van der Waals surface area contributed by atoms with Crippen molar-refractivity contribution in [3.8, 4) is 0 Å². The van der Waals surface area contributed by atoms with E-state index in [4.69, 9.17) is 5.11 Å². The molecular weight excluding hydrogens is 290 g/mol. The molecule has 0 aromatic rings. The summed E-state index contributed by atoms with van der Waals surface area (Å²) in [5, 5.41) is 30.7. The first kappa shape index (κ1) is 22.8. The minimum absolute atomic E-state index is 0.375. The summed E-state index contributed by atoms with van der Waals surface area (Å²) in [6.07, 6.45) is 15.0. The lowest BCUT2D eigenvalue weighted by Crippen LogP contribution is -2.32. The number of hydrogen-bond acceptors (Lipinski definition) is 4. The predicted molar refractivity (Wildman–Crippen MR) is 97.7 cm³/mol. The second kappa shape index (κ2) is 18.2. The quantitative estimate of drug-likeness (QED) is 0.291. The van der Waals surface area contributed by atoms with Crippen molar-refractivity contribution in [3.05, 3.63) is 0 Å². The highest BCUT2D eigenvalue weighted by molar-refractivity contribution is 4.66. The van der Waals surface area contributed by atoms with Crippen molar-refractivity contribution in [2.45, 2.75) is 103 Å². The molecule has 2 unspecified atom stereocenters. The Morgan fingerprint density at radius 3 is 1.61 bits per heavy atom. The maximum absolute atomic E-state index is 9.47. The average molecular weight is 332 g/mol. The summed E-state index contributed by atoms with van der Waals surface area (Å²) >= 11 is 0. The molecule has 0 aliphatic carbocycles. The normalized spacial score (nSPS) is 14.1. The van der Waals surface area contributed by atoms with Gasteiger partial charge in [-0.05, 0) is 25.9 Å². The molecule has 4 nitrogen and oxygen atoms in total. The topological polar surface area (TPSA) is 72.7 Å².